The predicted octanol–water partition coefficient (Wildman–Crippen LogP) is 2.19. The van der Waals surface area contributed by atoms with Gasteiger partial charge in [-0.2, -0.15) is 0 Å². The van der Waals surface area contributed by atoms with Crippen molar-refractivity contribution in [3.05, 3.63) is 33.8 Å². The largest absolute Gasteiger partial charge is 0.304 e. The van der Waals surface area contributed by atoms with Crippen LogP contribution in [0.3, 0.4) is 0 Å². The zero-order chi connectivity index (χ0) is 8.97. The summed E-state index contributed by atoms with van der Waals surface area (Å²) in [4.78, 5) is 4.53. The lowest BCUT2D eigenvalue weighted by molar-refractivity contribution is 0.141. The molecule has 0 aliphatic carbocycles. The van der Waals surface area contributed by atoms with Crippen LogP contribution in [0.5, 0.6) is 0 Å². The molecule has 0 radical (unpaired) electrons. The van der Waals surface area contributed by atoms with Gasteiger partial charge in [-0.25, -0.2) is 5.90 Å². The molecule has 0 aliphatic rings. The van der Waals surface area contributed by atoms with Crippen molar-refractivity contribution in [3.8, 4) is 0 Å². The van der Waals surface area contributed by atoms with E-state index >= 15 is 0 Å². The number of benzene rings is 1. The summed E-state index contributed by atoms with van der Waals surface area (Å²) < 4.78 is 1.10. The molecule has 0 aliphatic heterocycles. The molecule has 0 saturated heterocycles. The third-order valence-corrected chi connectivity index (χ3v) is 2.29. The predicted molar refractivity (Wildman–Crippen MR) is 52.7 cm³/mol. The van der Waals surface area contributed by atoms with Crippen molar-refractivity contribution in [2.45, 2.75) is 13.3 Å². The van der Waals surface area contributed by atoms with E-state index in [-0.39, 0.29) is 0 Å². The molecule has 0 atom stereocenters. The molecule has 1 aromatic carbocycles. The van der Waals surface area contributed by atoms with E-state index in [1.807, 2.05) is 6.07 Å². The fraction of sp³-hybridized carbons (Fsp3) is 0.333. The van der Waals surface area contributed by atoms with Gasteiger partial charge < -0.3 is 4.84 Å². The molecule has 0 bridgehead atoms. The van der Waals surface area contributed by atoms with Crippen LogP contribution in [-0.4, -0.2) is 6.61 Å². The molecule has 1 aromatic rings. The second-order valence-electron chi connectivity index (χ2n) is 2.69. The quantitative estimate of drug-likeness (QED) is 0.808. The highest BCUT2D eigenvalue weighted by molar-refractivity contribution is 9.10. The van der Waals surface area contributed by atoms with E-state index in [1.54, 1.807) is 0 Å². The molecule has 0 heterocycles. The van der Waals surface area contributed by atoms with Crippen LogP contribution in [0.2, 0.25) is 0 Å². The van der Waals surface area contributed by atoms with E-state index in [0.29, 0.717) is 6.61 Å². The zero-order valence-corrected chi connectivity index (χ0v) is 8.60. The lowest BCUT2D eigenvalue weighted by atomic mass is 10.1. The molecule has 2 N–H and O–H groups in total. The fourth-order valence-corrected chi connectivity index (χ4v) is 1.49. The first-order chi connectivity index (χ1) is 5.74. The standard InChI is InChI=1S/C9H12BrNO/c1-7-2-3-9(10)6-8(7)4-5-12-11/h2-3,6H,4-5,11H2,1H3. The molecule has 3 heteroatoms. The van der Waals surface area contributed by atoms with E-state index in [1.165, 1.54) is 11.1 Å². The van der Waals surface area contributed by atoms with Crippen LogP contribution < -0.4 is 5.90 Å². The maximum Gasteiger partial charge on any atom is 0.0719 e. The van der Waals surface area contributed by atoms with Gasteiger partial charge in [0.2, 0.25) is 0 Å². The number of aryl methyl sites for hydroxylation is 1. The van der Waals surface area contributed by atoms with Gasteiger partial charge in [0.15, 0.2) is 0 Å². The van der Waals surface area contributed by atoms with Gasteiger partial charge in [0, 0.05) is 4.47 Å². The molecular formula is C9H12BrNO. The van der Waals surface area contributed by atoms with E-state index in [4.69, 9.17) is 5.90 Å². The Morgan fingerprint density at radius 1 is 1.50 bits per heavy atom. The van der Waals surface area contributed by atoms with Gasteiger partial charge in [-0.15, -0.1) is 0 Å². The first kappa shape index (κ1) is 9.71. The maximum atomic E-state index is 4.95. The van der Waals surface area contributed by atoms with Crippen molar-refractivity contribution in [2.24, 2.45) is 5.90 Å². The SMILES string of the molecule is Cc1ccc(Br)cc1CCON. The highest BCUT2D eigenvalue weighted by atomic mass is 79.9. The van der Waals surface area contributed by atoms with Gasteiger partial charge in [0.25, 0.3) is 0 Å². The zero-order valence-electron chi connectivity index (χ0n) is 7.01. The fourth-order valence-electron chi connectivity index (χ4n) is 1.08. The molecule has 0 aromatic heterocycles. The van der Waals surface area contributed by atoms with E-state index in [2.05, 4.69) is 39.8 Å². The summed E-state index contributed by atoms with van der Waals surface area (Å²) in [6.07, 6.45) is 0.863. The second kappa shape index (κ2) is 4.60. The summed E-state index contributed by atoms with van der Waals surface area (Å²) in [6, 6.07) is 6.20. The molecule has 12 heavy (non-hydrogen) atoms. The third kappa shape index (κ3) is 2.59. The van der Waals surface area contributed by atoms with Gasteiger partial charge >= 0.3 is 0 Å². The van der Waals surface area contributed by atoms with Crippen LogP contribution in [0.25, 0.3) is 0 Å². The highest BCUT2D eigenvalue weighted by Gasteiger charge is 1.98. The third-order valence-electron chi connectivity index (χ3n) is 1.80. The molecule has 2 nitrogen and oxygen atoms in total. The Hall–Kier alpha value is -0.380. The van der Waals surface area contributed by atoms with Gasteiger partial charge in [0.05, 0.1) is 6.61 Å². The molecule has 1 rings (SSSR count). The molecule has 0 unspecified atom stereocenters. The van der Waals surface area contributed by atoms with Crippen LogP contribution in [0.1, 0.15) is 11.1 Å². The Morgan fingerprint density at radius 3 is 2.92 bits per heavy atom. The monoisotopic (exact) mass is 229 g/mol. The minimum Gasteiger partial charge on any atom is -0.304 e. The van der Waals surface area contributed by atoms with Crippen LogP contribution in [0.4, 0.5) is 0 Å². The Morgan fingerprint density at radius 2 is 2.25 bits per heavy atom. The Balaban J connectivity index is 2.75. The van der Waals surface area contributed by atoms with Gasteiger partial charge in [0.1, 0.15) is 0 Å². The maximum absolute atomic E-state index is 4.95. The molecule has 0 amide bonds. The summed E-state index contributed by atoms with van der Waals surface area (Å²) in [5, 5.41) is 0. The summed E-state index contributed by atoms with van der Waals surface area (Å²) in [5.41, 5.74) is 2.55. The lowest BCUT2D eigenvalue weighted by Crippen LogP contribution is -2.04. The van der Waals surface area contributed by atoms with Crippen molar-refractivity contribution in [2.75, 3.05) is 6.61 Å². The number of hydrogen-bond acceptors (Lipinski definition) is 2. The van der Waals surface area contributed by atoms with Gasteiger partial charge in [-0.05, 0) is 36.6 Å². The summed E-state index contributed by atoms with van der Waals surface area (Å²) in [7, 11) is 0. The number of nitrogens with two attached hydrogens (primary N) is 1. The first-order valence-corrected chi connectivity index (χ1v) is 4.60. The topological polar surface area (TPSA) is 35.2 Å². The summed E-state index contributed by atoms with van der Waals surface area (Å²) >= 11 is 3.42. The summed E-state index contributed by atoms with van der Waals surface area (Å²) in [6.45, 7) is 2.65. The Bertz CT molecular complexity index is 263. The van der Waals surface area contributed by atoms with Crippen LogP contribution >= 0.6 is 15.9 Å². The number of rotatable bonds is 3. The van der Waals surface area contributed by atoms with Crippen LogP contribution in [-0.2, 0) is 11.3 Å². The Kier molecular flexibility index (Phi) is 3.72. The molecule has 0 saturated carbocycles. The van der Waals surface area contributed by atoms with Crippen molar-refractivity contribution in [1.82, 2.24) is 0 Å². The van der Waals surface area contributed by atoms with E-state index < -0.39 is 0 Å². The van der Waals surface area contributed by atoms with Crippen molar-refractivity contribution >= 4 is 15.9 Å². The molecular weight excluding hydrogens is 218 g/mol. The average molecular weight is 230 g/mol. The average Bonchev–Trinajstić information content (AvgIpc) is 2.07. The Labute approximate surface area is 80.8 Å². The molecule has 66 valence electrons. The van der Waals surface area contributed by atoms with Gasteiger partial charge in [-0.3, -0.25) is 0 Å². The normalized spacial score (nSPS) is 10.2. The lowest BCUT2D eigenvalue weighted by Gasteiger charge is -2.04. The molecule has 0 fully saturated rings. The minimum atomic E-state index is 0.567. The minimum absolute atomic E-state index is 0.567. The smallest absolute Gasteiger partial charge is 0.0719 e. The van der Waals surface area contributed by atoms with Crippen LogP contribution in [0.15, 0.2) is 22.7 Å². The van der Waals surface area contributed by atoms with E-state index in [0.717, 1.165) is 10.9 Å². The molecule has 0 spiro atoms. The summed E-state index contributed by atoms with van der Waals surface area (Å²) in [5.74, 6) is 4.95. The van der Waals surface area contributed by atoms with Crippen molar-refractivity contribution in [3.63, 3.8) is 0 Å². The van der Waals surface area contributed by atoms with Crippen molar-refractivity contribution < 1.29 is 4.84 Å². The van der Waals surface area contributed by atoms with E-state index in [9.17, 15) is 0 Å². The number of hydrogen-bond donors (Lipinski definition) is 1. The van der Waals surface area contributed by atoms with Crippen LogP contribution in [0, 0.1) is 6.92 Å². The first-order valence-electron chi connectivity index (χ1n) is 3.80. The highest BCUT2D eigenvalue weighted by Crippen LogP contribution is 2.16. The second-order valence-corrected chi connectivity index (χ2v) is 3.61. The van der Waals surface area contributed by atoms with Gasteiger partial charge in [-0.1, -0.05) is 22.0 Å². The van der Waals surface area contributed by atoms with Crippen molar-refractivity contribution in [1.29, 1.82) is 0 Å². The number of halogens is 1.